The van der Waals surface area contributed by atoms with Crippen molar-refractivity contribution in [3.63, 3.8) is 0 Å². The van der Waals surface area contributed by atoms with Crippen LogP contribution >= 0.6 is 0 Å². The third kappa shape index (κ3) is 5.22. The second-order valence-corrected chi connectivity index (χ2v) is 11.2. The zero-order valence-electron chi connectivity index (χ0n) is 21.3. The summed E-state index contributed by atoms with van der Waals surface area (Å²) in [4.78, 5) is 31.1. The van der Waals surface area contributed by atoms with Gasteiger partial charge in [-0.25, -0.2) is 0 Å². The lowest BCUT2D eigenvalue weighted by Gasteiger charge is -2.40. The fraction of sp³-hybridized carbons (Fsp3) is 0.714. The predicted octanol–water partition coefficient (Wildman–Crippen LogP) is 6.26. The van der Waals surface area contributed by atoms with Gasteiger partial charge in [0.1, 0.15) is 5.75 Å². The number of anilines is 1. The van der Waals surface area contributed by atoms with Crippen molar-refractivity contribution >= 4 is 17.5 Å². The number of aryl methyl sites for hydroxylation is 1. The van der Waals surface area contributed by atoms with E-state index in [-0.39, 0.29) is 17.9 Å². The van der Waals surface area contributed by atoms with Crippen LogP contribution in [0.15, 0.2) is 12.1 Å². The van der Waals surface area contributed by atoms with Gasteiger partial charge in [0.15, 0.2) is 5.60 Å². The van der Waals surface area contributed by atoms with Gasteiger partial charge in [-0.1, -0.05) is 44.9 Å². The molecule has 5 nitrogen and oxygen atoms in total. The molecule has 0 aromatic heterocycles. The van der Waals surface area contributed by atoms with Crippen molar-refractivity contribution in [1.82, 2.24) is 4.90 Å². The van der Waals surface area contributed by atoms with E-state index in [0.717, 1.165) is 42.9 Å². The number of nitrogens with zero attached hydrogens (tertiary/aromatic N) is 2. The van der Waals surface area contributed by atoms with E-state index >= 15 is 0 Å². The van der Waals surface area contributed by atoms with Gasteiger partial charge >= 0.3 is 0 Å². The lowest BCUT2D eigenvalue weighted by Crippen LogP contribution is -2.53. The molecule has 0 radical (unpaired) electrons. The monoisotopic (exact) mass is 454 g/mol. The molecular formula is C28H42N2O3. The molecule has 1 aliphatic heterocycles. The highest BCUT2D eigenvalue weighted by Gasteiger charge is 2.41. The Kier molecular flexibility index (Phi) is 7.07. The van der Waals surface area contributed by atoms with E-state index in [9.17, 15) is 9.59 Å². The first-order chi connectivity index (χ1) is 15.7. The standard InChI is InChI=1S/C28H42N2O3/c1-19(2)30(22-12-7-6-8-13-22)26(31)23-18-24-25(17-20(23)3)33-28(4,5)27(32)29(24)16-10-9-11-21-14-15-21/h17-19,21-22H,6-16H2,1-5H3. The average molecular weight is 455 g/mol. The van der Waals surface area contributed by atoms with Gasteiger partial charge in [0, 0.05) is 24.2 Å². The molecule has 2 saturated carbocycles. The van der Waals surface area contributed by atoms with Gasteiger partial charge in [0.05, 0.1) is 5.69 Å². The minimum Gasteiger partial charge on any atom is -0.476 e. The Morgan fingerprint density at radius 2 is 1.82 bits per heavy atom. The molecule has 1 heterocycles. The van der Waals surface area contributed by atoms with E-state index in [0.29, 0.717) is 23.9 Å². The summed E-state index contributed by atoms with van der Waals surface area (Å²) in [6.07, 6.45) is 11.9. The molecule has 0 spiro atoms. The third-order valence-electron chi connectivity index (χ3n) is 7.65. The first kappa shape index (κ1) is 24.1. The molecule has 1 aromatic rings. The quantitative estimate of drug-likeness (QED) is 0.435. The van der Waals surface area contributed by atoms with Crippen LogP contribution in [0.25, 0.3) is 0 Å². The van der Waals surface area contributed by atoms with Crippen molar-refractivity contribution in [3.05, 3.63) is 23.3 Å². The molecule has 182 valence electrons. The zero-order valence-corrected chi connectivity index (χ0v) is 21.3. The van der Waals surface area contributed by atoms with Crippen LogP contribution in [-0.4, -0.2) is 40.9 Å². The Hall–Kier alpha value is -2.04. The summed E-state index contributed by atoms with van der Waals surface area (Å²) in [5.41, 5.74) is 1.48. The van der Waals surface area contributed by atoms with Gasteiger partial charge in [-0.2, -0.15) is 0 Å². The van der Waals surface area contributed by atoms with Gasteiger partial charge in [-0.05, 0) is 77.5 Å². The predicted molar refractivity (Wildman–Crippen MR) is 133 cm³/mol. The Balaban J connectivity index is 1.62. The second-order valence-electron chi connectivity index (χ2n) is 11.2. The minimum atomic E-state index is -0.895. The highest BCUT2D eigenvalue weighted by atomic mass is 16.5. The fourth-order valence-corrected chi connectivity index (χ4v) is 5.60. The first-order valence-corrected chi connectivity index (χ1v) is 13.2. The molecule has 3 aliphatic rings. The smallest absolute Gasteiger partial charge is 0.270 e. The number of ether oxygens (including phenoxy) is 1. The normalized spacial score (nSPS) is 20.5. The number of rotatable bonds is 8. The molecular weight excluding hydrogens is 412 g/mol. The van der Waals surface area contributed by atoms with Crippen molar-refractivity contribution in [3.8, 4) is 5.75 Å². The Labute approximate surface area is 199 Å². The van der Waals surface area contributed by atoms with Gasteiger partial charge in [0.25, 0.3) is 11.8 Å². The number of carbonyl (C=O) groups is 2. The number of hydrogen-bond donors (Lipinski definition) is 0. The first-order valence-electron chi connectivity index (χ1n) is 13.2. The number of amides is 2. The third-order valence-corrected chi connectivity index (χ3v) is 7.65. The molecule has 0 unspecified atom stereocenters. The van der Waals surface area contributed by atoms with E-state index in [1.165, 1.54) is 38.5 Å². The summed E-state index contributed by atoms with van der Waals surface area (Å²) in [7, 11) is 0. The van der Waals surface area contributed by atoms with Crippen LogP contribution in [0, 0.1) is 12.8 Å². The topological polar surface area (TPSA) is 49.9 Å². The van der Waals surface area contributed by atoms with Crippen molar-refractivity contribution < 1.29 is 14.3 Å². The van der Waals surface area contributed by atoms with Crippen molar-refractivity contribution in [2.45, 2.75) is 117 Å². The van der Waals surface area contributed by atoms with Crippen LogP contribution in [0.1, 0.15) is 108 Å². The lowest BCUT2D eigenvalue weighted by molar-refractivity contribution is -0.132. The molecule has 2 aliphatic carbocycles. The largest absolute Gasteiger partial charge is 0.476 e. The van der Waals surface area contributed by atoms with E-state index in [2.05, 4.69) is 18.7 Å². The molecule has 0 atom stereocenters. The van der Waals surface area contributed by atoms with Crippen LogP contribution < -0.4 is 9.64 Å². The minimum absolute atomic E-state index is 0.0170. The number of hydrogen-bond acceptors (Lipinski definition) is 3. The SMILES string of the molecule is Cc1cc2c(cc1C(=O)N(C(C)C)C1CCCCC1)N(CCCCC1CC1)C(=O)C(C)(C)O2. The number of fused-ring (bicyclic) bond motifs is 1. The molecule has 5 heteroatoms. The number of benzene rings is 1. The summed E-state index contributed by atoms with van der Waals surface area (Å²) < 4.78 is 6.14. The molecule has 2 fully saturated rings. The highest BCUT2D eigenvalue weighted by molar-refractivity contribution is 6.05. The van der Waals surface area contributed by atoms with E-state index in [4.69, 9.17) is 4.74 Å². The lowest BCUT2D eigenvalue weighted by atomic mass is 9.92. The summed E-state index contributed by atoms with van der Waals surface area (Å²) in [6, 6.07) is 4.34. The number of carbonyl (C=O) groups excluding carboxylic acids is 2. The Morgan fingerprint density at radius 3 is 2.45 bits per heavy atom. The maximum absolute atomic E-state index is 13.8. The number of unbranched alkanes of at least 4 members (excludes halogenated alkanes) is 1. The summed E-state index contributed by atoms with van der Waals surface area (Å²) in [6.45, 7) is 10.6. The van der Waals surface area contributed by atoms with Gasteiger partial charge < -0.3 is 14.5 Å². The van der Waals surface area contributed by atoms with Gasteiger partial charge in [-0.3, -0.25) is 9.59 Å². The maximum Gasteiger partial charge on any atom is 0.270 e. The van der Waals surface area contributed by atoms with Gasteiger partial charge in [0.2, 0.25) is 0 Å². The van der Waals surface area contributed by atoms with Crippen LogP contribution in [0.2, 0.25) is 0 Å². The molecule has 2 amide bonds. The molecule has 0 N–H and O–H groups in total. The molecule has 1 aromatic carbocycles. The van der Waals surface area contributed by atoms with E-state index in [1.807, 2.05) is 37.8 Å². The van der Waals surface area contributed by atoms with Crippen LogP contribution in [-0.2, 0) is 4.79 Å². The maximum atomic E-state index is 13.8. The van der Waals surface area contributed by atoms with Crippen molar-refractivity contribution in [2.24, 2.45) is 5.92 Å². The fourth-order valence-electron chi connectivity index (χ4n) is 5.60. The van der Waals surface area contributed by atoms with Crippen LogP contribution in [0.5, 0.6) is 5.75 Å². The average Bonchev–Trinajstić information content (AvgIpc) is 3.58. The van der Waals surface area contributed by atoms with Crippen molar-refractivity contribution in [1.29, 1.82) is 0 Å². The van der Waals surface area contributed by atoms with E-state index < -0.39 is 5.60 Å². The summed E-state index contributed by atoms with van der Waals surface area (Å²) >= 11 is 0. The molecule has 0 bridgehead atoms. The van der Waals surface area contributed by atoms with Gasteiger partial charge in [-0.15, -0.1) is 0 Å². The molecule has 0 saturated heterocycles. The van der Waals surface area contributed by atoms with Crippen molar-refractivity contribution in [2.75, 3.05) is 11.4 Å². The summed E-state index contributed by atoms with van der Waals surface area (Å²) in [5, 5.41) is 0. The zero-order chi connectivity index (χ0) is 23.8. The highest BCUT2D eigenvalue weighted by Crippen LogP contribution is 2.41. The second kappa shape index (κ2) is 9.68. The summed E-state index contributed by atoms with van der Waals surface area (Å²) in [5.74, 6) is 1.69. The molecule has 33 heavy (non-hydrogen) atoms. The molecule has 4 rings (SSSR count). The van der Waals surface area contributed by atoms with E-state index in [1.54, 1.807) is 0 Å². The Bertz CT molecular complexity index is 881. The van der Waals surface area contributed by atoms with Crippen LogP contribution in [0.3, 0.4) is 0 Å². The van der Waals surface area contributed by atoms with Crippen LogP contribution in [0.4, 0.5) is 5.69 Å². The Morgan fingerprint density at radius 1 is 1.12 bits per heavy atom.